The molecule has 0 aliphatic carbocycles. The van der Waals surface area contributed by atoms with Gasteiger partial charge in [0, 0.05) is 12.1 Å². The molecule has 1 N–H and O–H groups in total. The van der Waals surface area contributed by atoms with Crippen LogP contribution >= 0.6 is 12.4 Å². The van der Waals surface area contributed by atoms with Gasteiger partial charge in [-0.25, -0.2) is 0 Å². The van der Waals surface area contributed by atoms with Crippen LogP contribution in [0, 0.1) is 0 Å². The highest BCUT2D eigenvalue weighted by Gasteiger charge is 2.17. The summed E-state index contributed by atoms with van der Waals surface area (Å²) in [5.74, 6) is 1.72. The molecule has 1 fully saturated rings. The molecule has 1 atom stereocenters. The number of halogens is 1. The van der Waals surface area contributed by atoms with E-state index < -0.39 is 0 Å². The minimum Gasteiger partial charge on any atom is -0.497 e. The van der Waals surface area contributed by atoms with Crippen LogP contribution in [0.2, 0.25) is 0 Å². The lowest BCUT2D eigenvalue weighted by Crippen LogP contribution is -2.12. The number of hydrogen-bond acceptors (Lipinski definition) is 3. The summed E-state index contributed by atoms with van der Waals surface area (Å²) in [6.07, 6.45) is 2.43. The van der Waals surface area contributed by atoms with E-state index in [9.17, 15) is 0 Å². The molecule has 1 aliphatic heterocycles. The van der Waals surface area contributed by atoms with Crippen LogP contribution in [0.25, 0.3) is 0 Å². The number of nitrogens with one attached hydrogen (secondary N) is 1. The Hall–Kier alpha value is -0.930. The van der Waals surface area contributed by atoms with Crippen molar-refractivity contribution in [2.75, 3.05) is 20.8 Å². The molecule has 1 aliphatic rings. The van der Waals surface area contributed by atoms with Gasteiger partial charge in [-0.2, -0.15) is 0 Å². The zero-order valence-corrected chi connectivity index (χ0v) is 10.5. The maximum Gasteiger partial charge on any atom is 0.122 e. The molecule has 0 unspecified atom stereocenters. The molecule has 3 nitrogen and oxygen atoms in total. The summed E-state index contributed by atoms with van der Waals surface area (Å²) in [4.78, 5) is 0. The highest BCUT2D eigenvalue weighted by Crippen LogP contribution is 2.30. The van der Waals surface area contributed by atoms with Gasteiger partial charge in [0.15, 0.2) is 0 Å². The van der Waals surface area contributed by atoms with E-state index in [1.807, 2.05) is 6.07 Å². The van der Waals surface area contributed by atoms with Gasteiger partial charge in [-0.3, -0.25) is 0 Å². The Balaban J connectivity index is 0.00000128. The third kappa shape index (κ3) is 2.80. The standard InChI is InChI=1S/C12H17NO2.ClH/c1-14-10-6-9(7-11(8-10)15-2)12-4-3-5-13-12;/h6-8,12-13H,3-5H2,1-2H3;1H/t12-;/m0./s1. The Bertz CT molecular complexity index is 316. The highest BCUT2D eigenvalue weighted by molar-refractivity contribution is 5.85. The molecule has 1 aromatic rings. The number of benzene rings is 1. The Kier molecular flexibility index (Phi) is 4.90. The lowest BCUT2D eigenvalue weighted by molar-refractivity contribution is 0.392. The number of rotatable bonds is 3. The second-order valence-electron chi connectivity index (χ2n) is 3.79. The molecule has 0 aromatic heterocycles. The minimum atomic E-state index is 0. The first-order chi connectivity index (χ1) is 7.33. The van der Waals surface area contributed by atoms with Crippen molar-refractivity contribution in [3.05, 3.63) is 23.8 Å². The monoisotopic (exact) mass is 243 g/mol. The molecule has 0 bridgehead atoms. The van der Waals surface area contributed by atoms with Gasteiger partial charge in [-0.15, -0.1) is 12.4 Å². The summed E-state index contributed by atoms with van der Waals surface area (Å²) in [6, 6.07) is 6.50. The van der Waals surface area contributed by atoms with Crippen molar-refractivity contribution in [2.24, 2.45) is 0 Å². The Morgan fingerprint density at radius 3 is 2.19 bits per heavy atom. The minimum absolute atomic E-state index is 0. The van der Waals surface area contributed by atoms with Crippen LogP contribution < -0.4 is 14.8 Å². The molecule has 0 radical (unpaired) electrons. The first kappa shape index (κ1) is 13.1. The van der Waals surface area contributed by atoms with E-state index in [0.717, 1.165) is 18.0 Å². The van der Waals surface area contributed by atoms with Crippen LogP contribution in [0.5, 0.6) is 11.5 Å². The topological polar surface area (TPSA) is 30.5 Å². The van der Waals surface area contributed by atoms with Crippen LogP contribution in [0.1, 0.15) is 24.4 Å². The van der Waals surface area contributed by atoms with E-state index in [0.29, 0.717) is 6.04 Å². The number of hydrogen-bond donors (Lipinski definition) is 1. The molecule has 0 spiro atoms. The Morgan fingerprint density at radius 2 is 1.75 bits per heavy atom. The van der Waals surface area contributed by atoms with E-state index in [1.54, 1.807) is 14.2 Å². The predicted octanol–water partition coefficient (Wildman–Crippen LogP) is 2.55. The normalized spacial score (nSPS) is 19.0. The quantitative estimate of drug-likeness (QED) is 0.885. The number of ether oxygens (including phenoxy) is 2. The molecule has 1 saturated heterocycles. The largest absolute Gasteiger partial charge is 0.497 e. The molecule has 2 rings (SSSR count). The zero-order valence-electron chi connectivity index (χ0n) is 9.66. The average Bonchev–Trinajstić information content (AvgIpc) is 2.81. The maximum atomic E-state index is 5.25. The summed E-state index contributed by atoms with van der Waals surface area (Å²) < 4.78 is 10.5. The van der Waals surface area contributed by atoms with Gasteiger partial charge in [0.25, 0.3) is 0 Å². The van der Waals surface area contributed by atoms with Crippen molar-refractivity contribution < 1.29 is 9.47 Å². The molecule has 1 aromatic carbocycles. The lowest BCUT2D eigenvalue weighted by Gasteiger charge is -2.13. The third-order valence-corrected chi connectivity index (χ3v) is 2.84. The maximum absolute atomic E-state index is 5.25. The van der Waals surface area contributed by atoms with Gasteiger partial charge >= 0.3 is 0 Å². The van der Waals surface area contributed by atoms with Gasteiger partial charge < -0.3 is 14.8 Å². The van der Waals surface area contributed by atoms with E-state index in [2.05, 4.69) is 17.4 Å². The van der Waals surface area contributed by atoms with E-state index >= 15 is 0 Å². The first-order valence-corrected chi connectivity index (χ1v) is 5.30. The fourth-order valence-electron chi connectivity index (χ4n) is 2.00. The lowest BCUT2D eigenvalue weighted by atomic mass is 10.0. The summed E-state index contributed by atoms with van der Waals surface area (Å²) >= 11 is 0. The fourth-order valence-corrected chi connectivity index (χ4v) is 2.00. The van der Waals surface area contributed by atoms with Crippen molar-refractivity contribution in [1.82, 2.24) is 5.32 Å². The molecule has 4 heteroatoms. The second kappa shape index (κ2) is 5.97. The molecule has 0 amide bonds. The second-order valence-corrected chi connectivity index (χ2v) is 3.79. The van der Waals surface area contributed by atoms with Gasteiger partial charge in [-0.05, 0) is 37.1 Å². The van der Waals surface area contributed by atoms with E-state index in [-0.39, 0.29) is 12.4 Å². The molecular formula is C12H18ClNO2. The summed E-state index contributed by atoms with van der Waals surface area (Å²) in [6.45, 7) is 1.10. The van der Waals surface area contributed by atoms with Crippen molar-refractivity contribution in [3.8, 4) is 11.5 Å². The van der Waals surface area contributed by atoms with Gasteiger partial charge in [0.2, 0.25) is 0 Å². The zero-order chi connectivity index (χ0) is 10.7. The van der Waals surface area contributed by atoms with Gasteiger partial charge in [0.05, 0.1) is 14.2 Å². The van der Waals surface area contributed by atoms with Crippen LogP contribution in [0.4, 0.5) is 0 Å². The first-order valence-electron chi connectivity index (χ1n) is 5.30. The summed E-state index contributed by atoms with van der Waals surface area (Å²) in [7, 11) is 3.36. The van der Waals surface area contributed by atoms with Crippen molar-refractivity contribution in [2.45, 2.75) is 18.9 Å². The Labute approximate surface area is 103 Å². The highest BCUT2D eigenvalue weighted by atomic mass is 35.5. The summed E-state index contributed by atoms with van der Waals surface area (Å²) in [5, 5.41) is 3.46. The van der Waals surface area contributed by atoms with E-state index in [1.165, 1.54) is 18.4 Å². The molecule has 0 saturated carbocycles. The summed E-state index contributed by atoms with van der Waals surface area (Å²) in [5.41, 5.74) is 1.25. The average molecular weight is 244 g/mol. The SMILES string of the molecule is COc1cc(OC)cc([C@@H]2CCCN2)c1.Cl. The molecule has 90 valence electrons. The molecule has 1 heterocycles. The molecule has 16 heavy (non-hydrogen) atoms. The van der Waals surface area contributed by atoms with Crippen molar-refractivity contribution in [1.29, 1.82) is 0 Å². The van der Waals surface area contributed by atoms with Crippen LogP contribution in [-0.4, -0.2) is 20.8 Å². The van der Waals surface area contributed by atoms with E-state index in [4.69, 9.17) is 9.47 Å². The van der Waals surface area contributed by atoms with Crippen molar-refractivity contribution in [3.63, 3.8) is 0 Å². The predicted molar refractivity (Wildman–Crippen MR) is 66.8 cm³/mol. The van der Waals surface area contributed by atoms with Crippen LogP contribution in [0.15, 0.2) is 18.2 Å². The van der Waals surface area contributed by atoms with Gasteiger partial charge in [-0.1, -0.05) is 0 Å². The smallest absolute Gasteiger partial charge is 0.122 e. The third-order valence-electron chi connectivity index (χ3n) is 2.84. The van der Waals surface area contributed by atoms with Crippen molar-refractivity contribution >= 4 is 12.4 Å². The number of methoxy groups -OCH3 is 2. The van der Waals surface area contributed by atoms with Crippen LogP contribution in [-0.2, 0) is 0 Å². The van der Waals surface area contributed by atoms with Crippen LogP contribution in [0.3, 0.4) is 0 Å². The van der Waals surface area contributed by atoms with Gasteiger partial charge in [0.1, 0.15) is 11.5 Å². The Morgan fingerprint density at radius 1 is 1.12 bits per heavy atom. The fraction of sp³-hybridized carbons (Fsp3) is 0.500. The molecular weight excluding hydrogens is 226 g/mol.